The molecule has 0 radical (unpaired) electrons. The van der Waals surface area contributed by atoms with Crippen LogP contribution in [0.15, 0.2) is 24.4 Å². The number of hydrogen-bond donors (Lipinski definition) is 1. The average Bonchev–Trinajstić information content (AvgIpc) is 3.25. The van der Waals surface area contributed by atoms with E-state index >= 15 is 0 Å². The lowest BCUT2D eigenvalue weighted by Crippen LogP contribution is -2.26. The largest absolute Gasteiger partial charge is 0.345 e. The van der Waals surface area contributed by atoms with Gasteiger partial charge >= 0.3 is 0 Å². The van der Waals surface area contributed by atoms with Crippen molar-refractivity contribution >= 4 is 16.9 Å². The summed E-state index contributed by atoms with van der Waals surface area (Å²) in [7, 11) is 1.90. The lowest BCUT2D eigenvalue weighted by molar-refractivity contribution is 0.0940. The molecule has 1 aliphatic carbocycles. The van der Waals surface area contributed by atoms with Crippen molar-refractivity contribution in [2.45, 2.75) is 58.0 Å². The number of fused-ring (bicyclic) bond motifs is 1. The Kier molecular flexibility index (Phi) is 4.68. The van der Waals surface area contributed by atoms with Crippen LogP contribution in [0.5, 0.6) is 0 Å². The maximum Gasteiger partial charge on any atom is 0.251 e. The fourth-order valence-corrected chi connectivity index (χ4v) is 3.98. The third-order valence-corrected chi connectivity index (χ3v) is 5.74. The molecule has 7 heteroatoms. The van der Waals surface area contributed by atoms with Gasteiger partial charge in [0.05, 0.1) is 23.8 Å². The van der Waals surface area contributed by atoms with Crippen LogP contribution in [0.3, 0.4) is 0 Å². The first-order valence-corrected chi connectivity index (χ1v) is 9.69. The Hall–Kier alpha value is -2.70. The number of carbonyl (C=O) groups is 1. The average molecular weight is 366 g/mol. The highest BCUT2D eigenvalue weighted by atomic mass is 16.1. The lowest BCUT2D eigenvalue weighted by Gasteiger charge is -2.21. The maximum atomic E-state index is 12.7. The van der Waals surface area contributed by atoms with Crippen LogP contribution in [-0.2, 0) is 7.05 Å². The Morgan fingerprint density at radius 3 is 2.74 bits per heavy atom. The Morgan fingerprint density at radius 2 is 2.04 bits per heavy atom. The summed E-state index contributed by atoms with van der Waals surface area (Å²) in [6, 6.07) is 5.98. The molecule has 0 spiro atoms. The lowest BCUT2D eigenvalue weighted by atomic mass is 9.95. The molecule has 1 amide bonds. The zero-order valence-corrected chi connectivity index (χ0v) is 16.1. The number of amides is 1. The van der Waals surface area contributed by atoms with Crippen LogP contribution >= 0.6 is 0 Å². The standard InChI is InChI=1S/C20H26N6O/c1-13(17-12-21-25(3)14(17)2)22-20(27)15-9-10-19-18(11-15)23-24-26(19)16-7-5-4-6-8-16/h9-13,16H,4-8H2,1-3H3,(H,22,27)/t13-/m1/s1. The summed E-state index contributed by atoms with van der Waals surface area (Å²) >= 11 is 0. The third-order valence-electron chi connectivity index (χ3n) is 5.74. The monoisotopic (exact) mass is 366 g/mol. The van der Waals surface area contributed by atoms with E-state index in [1.165, 1.54) is 19.3 Å². The molecule has 0 unspecified atom stereocenters. The molecule has 0 saturated heterocycles. The van der Waals surface area contributed by atoms with E-state index in [0.29, 0.717) is 11.6 Å². The number of aromatic nitrogens is 5. The van der Waals surface area contributed by atoms with E-state index in [-0.39, 0.29) is 11.9 Å². The van der Waals surface area contributed by atoms with E-state index in [1.807, 2.05) is 48.5 Å². The van der Waals surface area contributed by atoms with Crippen molar-refractivity contribution < 1.29 is 4.79 Å². The van der Waals surface area contributed by atoms with Crippen molar-refractivity contribution in [2.75, 3.05) is 0 Å². The highest BCUT2D eigenvalue weighted by Crippen LogP contribution is 2.30. The van der Waals surface area contributed by atoms with Crippen LogP contribution in [0, 0.1) is 6.92 Å². The number of carbonyl (C=O) groups excluding carboxylic acids is 1. The second kappa shape index (κ2) is 7.13. The van der Waals surface area contributed by atoms with Gasteiger partial charge in [-0.25, -0.2) is 4.68 Å². The zero-order valence-electron chi connectivity index (χ0n) is 16.1. The maximum absolute atomic E-state index is 12.7. The van der Waals surface area contributed by atoms with Crippen LogP contribution in [0.4, 0.5) is 0 Å². The second-order valence-electron chi connectivity index (χ2n) is 7.53. The van der Waals surface area contributed by atoms with E-state index < -0.39 is 0 Å². The van der Waals surface area contributed by atoms with Crippen molar-refractivity contribution in [1.29, 1.82) is 0 Å². The van der Waals surface area contributed by atoms with Gasteiger partial charge in [-0.2, -0.15) is 5.10 Å². The Labute approximate surface area is 158 Å². The summed E-state index contributed by atoms with van der Waals surface area (Å²) in [4.78, 5) is 12.7. The van der Waals surface area contributed by atoms with E-state index in [0.717, 1.165) is 35.1 Å². The summed E-state index contributed by atoms with van der Waals surface area (Å²) in [5, 5.41) is 16.0. The fourth-order valence-electron chi connectivity index (χ4n) is 3.98. The molecule has 3 aromatic rings. The molecule has 1 atom stereocenters. The van der Waals surface area contributed by atoms with Gasteiger partial charge in [-0.05, 0) is 44.9 Å². The predicted octanol–water partition coefficient (Wildman–Crippen LogP) is 3.47. The molecule has 7 nitrogen and oxygen atoms in total. The Balaban J connectivity index is 1.53. The first-order valence-electron chi connectivity index (χ1n) is 9.69. The molecule has 2 heterocycles. The normalized spacial score (nSPS) is 16.6. The zero-order chi connectivity index (χ0) is 19.0. The molecular weight excluding hydrogens is 340 g/mol. The molecule has 1 fully saturated rings. The third kappa shape index (κ3) is 3.34. The minimum Gasteiger partial charge on any atom is -0.345 e. The minimum atomic E-state index is -0.111. The van der Waals surface area contributed by atoms with Crippen LogP contribution in [-0.4, -0.2) is 30.7 Å². The summed E-state index contributed by atoms with van der Waals surface area (Å²) in [5.74, 6) is -0.111. The van der Waals surface area contributed by atoms with Crippen LogP contribution in [0.25, 0.3) is 11.0 Å². The van der Waals surface area contributed by atoms with Gasteiger partial charge in [0, 0.05) is 23.9 Å². The number of aryl methyl sites for hydroxylation is 1. The summed E-state index contributed by atoms with van der Waals surface area (Å²) in [5.41, 5.74) is 4.46. The first kappa shape index (κ1) is 17.7. The van der Waals surface area contributed by atoms with E-state index in [1.54, 1.807) is 6.20 Å². The van der Waals surface area contributed by atoms with Gasteiger partial charge in [0.1, 0.15) is 5.52 Å². The van der Waals surface area contributed by atoms with Crippen molar-refractivity contribution in [3.05, 3.63) is 41.2 Å². The highest BCUT2D eigenvalue weighted by molar-refractivity contribution is 5.97. The van der Waals surface area contributed by atoms with Gasteiger partial charge in [-0.1, -0.05) is 24.5 Å². The van der Waals surface area contributed by atoms with Gasteiger partial charge in [0.25, 0.3) is 5.91 Å². The van der Waals surface area contributed by atoms with Gasteiger partial charge in [0.2, 0.25) is 0 Å². The van der Waals surface area contributed by atoms with Crippen LogP contribution in [0.1, 0.15) is 72.7 Å². The highest BCUT2D eigenvalue weighted by Gasteiger charge is 2.20. The molecule has 1 N–H and O–H groups in total. The predicted molar refractivity (Wildman–Crippen MR) is 103 cm³/mol. The van der Waals surface area contributed by atoms with Crippen molar-refractivity contribution in [3.8, 4) is 0 Å². The van der Waals surface area contributed by atoms with Gasteiger partial charge < -0.3 is 5.32 Å². The van der Waals surface area contributed by atoms with Crippen molar-refractivity contribution in [1.82, 2.24) is 30.1 Å². The molecule has 1 aromatic carbocycles. The second-order valence-corrected chi connectivity index (χ2v) is 7.53. The summed E-state index contributed by atoms with van der Waals surface area (Å²) in [6.07, 6.45) is 7.92. The molecule has 1 saturated carbocycles. The van der Waals surface area contributed by atoms with Gasteiger partial charge in [-0.15, -0.1) is 5.10 Å². The smallest absolute Gasteiger partial charge is 0.251 e. The molecular formula is C20H26N6O. The first-order chi connectivity index (χ1) is 13.0. The Bertz CT molecular complexity index is 966. The van der Waals surface area contributed by atoms with Crippen LogP contribution in [0.2, 0.25) is 0 Å². The van der Waals surface area contributed by atoms with Crippen LogP contribution < -0.4 is 5.32 Å². The van der Waals surface area contributed by atoms with Crippen molar-refractivity contribution in [2.24, 2.45) is 7.05 Å². The summed E-state index contributed by atoms with van der Waals surface area (Å²) in [6.45, 7) is 3.97. The molecule has 4 rings (SSSR count). The van der Waals surface area contributed by atoms with Crippen molar-refractivity contribution in [3.63, 3.8) is 0 Å². The van der Waals surface area contributed by atoms with E-state index in [4.69, 9.17) is 0 Å². The number of nitrogens with one attached hydrogen (secondary N) is 1. The molecule has 0 bridgehead atoms. The fraction of sp³-hybridized carbons (Fsp3) is 0.500. The SMILES string of the molecule is Cc1c([C@@H](C)NC(=O)c2ccc3c(c2)nnn3C2CCCCC2)cnn1C. The molecule has 142 valence electrons. The quantitative estimate of drug-likeness (QED) is 0.767. The summed E-state index contributed by atoms with van der Waals surface area (Å²) < 4.78 is 3.85. The number of rotatable bonds is 4. The molecule has 0 aliphatic heterocycles. The Morgan fingerprint density at radius 1 is 1.26 bits per heavy atom. The number of hydrogen-bond acceptors (Lipinski definition) is 4. The topological polar surface area (TPSA) is 77.6 Å². The minimum absolute atomic E-state index is 0.111. The van der Waals surface area contributed by atoms with E-state index in [2.05, 4.69) is 20.7 Å². The number of benzene rings is 1. The van der Waals surface area contributed by atoms with Gasteiger partial charge in [0.15, 0.2) is 0 Å². The molecule has 27 heavy (non-hydrogen) atoms. The number of nitrogens with zero attached hydrogens (tertiary/aromatic N) is 5. The molecule has 2 aromatic heterocycles. The van der Waals surface area contributed by atoms with E-state index in [9.17, 15) is 4.79 Å². The van der Waals surface area contributed by atoms with Gasteiger partial charge in [-0.3, -0.25) is 9.48 Å². The molecule has 1 aliphatic rings.